The summed E-state index contributed by atoms with van der Waals surface area (Å²) >= 11 is 5.12. The summed E-state index contributed by atoms with van der Waals surface area (Å²) in [5.41, 5.74) is 3.12. The van der Waals surface area contributed by atoms with Crippen molar-refractivity contribution >= 4 is 35.0 Å². The number of benzene rings is 1. The van der Waals surface area contributed by atoms with E-state index in [-0.39, 0.29) is 11.0 Å². The molecule has 21 heavy (non-hydrogen) atoms. The Hall–Kier alpha value is -2.40. The van der Waals surface area contributed by atoms with E-state index >= 15 is 0 Å². The van der Waals surface area contributed by atoms with Gasteiger partial charge >= 0.3 is 0 Å². The molecule has 5 heteroatoms. The minimum atomic E-state index is -0.311. The molecule has 0 aliphatic heterocycles. The number of hydrogen-bond donors (Lipinski definition) is 2. The molecule has 0 atom stereocenters. The summed E-state index contributed by atoms with van der Waals surface area (Å²) in [5.74, 6) is 0.298. The average Bonchev–Trinajstić information content (AvgIpc) is 2.93. The lowest BCUT2D eigenvalue weighted by Crippen LogP contribution is -2.33. The maximum Gasteiger partial charge on any atom is 0.250 e. The van der Waals surface area contributed by atoms with Crippen LogP contribution in [-0.4, -0.2) is 11.0 Å². The molecule has 0 fully saturated rings. The number of aryl methyl sites for hydroxylation is 2. The van der Waals surface area contributed by atoms with Crippen molar-refractivity contribution in [2.24, 2.45) is 0 Å². The second-order valence-electron chi connectivity index (χ2n) is 4.61. The molecule has 1 heterocycles. The fourth-order valence-corrected chi connectivity index (χ4v) is 2.02. The molecule has 0 saturated heterocycles. The van der Waals surface area contributed by atoms with Crippen molar-refractivity contribution in [3.05, 3.63) is 59.6 Å². The number of furan rings is 1. The first kappa shape index (κ1) is 15.0. The van der Waals surface area contributed by atoms with Gasteiger partial charge in [-0.1, -0.05) is 17.7 Å². The van der Waals surface area contributed by atoms with E-state index in [0.29, 0.717) is 5.76 Å². The fraction of sp³-hybridized carbons (Fsp3) is 0.125. The van der Waals surface area contributed by atoms with Crippen LogP contribution in [0.25, 0.3) is 6.08 Å². The first-order chi connectivity index (χ1) is 10.0. The second kappa shape index (κ2) is 6.85. The Morgan fingerprint density at radius 2 is 2.10 bits per heavy atom. The van der Waals surface area contributed by atoms with Gasteiger partial charge in [0.2, 0.25) is 5.91 Å². The van der Waals surface area contributed by atoms with E-state index in [9.17, 15) is 4.79 Å². The van der Waals surface area contributed by atoms with E-state index in [0.717, 1.165) is 11.3 Å². The van der Waals surface area contributed by atoms with Crippen LogP contribution in [0, 0.1) is 13.8 Å². The third-order valence-corrected chi connectivity index (χ3v) is 3.01. The van der Waals surface area contributed by atoms with Crippen LogP contribution in [0.1, 0.15) is 16.9 Å². The number of rotatable bonds is 3. The molecule has 0 unspecified atom stereocenters. The van der Waals surface area contributed by atoms with Crippen molar-refractivity contribution in [2.75, 3.05) is 5.32 Å². The predicted molar refractivity (Wildman–Crippen MR) is 88.0 cm³/mol. The summed E-state index contributed by atoms with van der Waals surface area (Å²) in [5, 5.41) is 5.85. The lowest BCUT2D eigenvalue weighted by molar-refractivity contribution is -0.115. The molecule has 0 spiro atoms. The number of carbonyl (C=O) groups is 1. The molecule has 1 amide bonds. The zero-order valence-corrected chi connectivity index (χ0v) is 12.7. The van der Waals surface area contributed by atoms with Crippen LogP contribution < -0.4 is 10.6 Å². The van der Waals surface area contributed by atoms with Crippen molar-refractivity contribution in [2.45, 2.75) is 13.8 Å². The molecule has 1 aromatic carbocycles. The number of hydrogen-bond acceptors (Lipinski definition) is 3. The highest BCUT2D eigenvalue weighted by Crippen LogP contribution is 2.15. The van der Waals surface area contributed by atoms with Crippen molar-refractivity contribution in [3.8, 4) is 0 Å². The van der Waals surface area contributed by atoms with Gasteiger partial charge in [-0.15, -0.1) is 0 Å². The summed E-state index contributed by atoms with van der Waals surface area (Å²) < 4.78 is 5.10. The molecular formula is C16H16N2O2S. The lowest BCUT2D eigenvalue weighted by Gasteiger charge is -2.11. The predicted octanol–water partition coefficient (Wildman–Crippen LogP) is 3.42. The van der Waals surface area contributed by atoms with Crippen LogP contribution in [-0.2, 0) is 4.79 Å². The van der Waals surface area contributed by atoms with Gasteiger partial charge in [0.1, 0.15) is 5.76 Å². The number of thiocarbonyl (C=S) groups is 1. The monoisotopic (exact) mass is 300 g/mol. The molecule has 2 aromatic rings. The topological polar surface area (TPSA) is 54.3 Å². The van der Waals surface area contributed by atoms with Gasteiger partial charge in [-0.25, -0.2) is 0 Å². The van der Waals surface area contributed by atoms with Crippen LogP contribution in [0.5, 0.6) is 0 Å². The number of carbonyl (C=O) groups excluding carboxylic acids is 1. The van der Waals surface area contributed by atoms with Gasteiger partial charge in [-0.2, -0.15) is 0 Å². The highest BCUT2D eigenvalue weighted by molar-refractivity contribution is 7.80. The maximum atomic E-state index is 11.7. The van der Waals surface area contributed by atoms with E-state index in [1.54, 1.807) is 24.5 Å². The average molecular weight is 300 g/mol. The molecule has 0 saturated carbocycles. The van der Waals surface area contributed by atoms with Crippen LogP contribution in [0.3, 0.4) is 0 Å². The standard InChI is InChI=1S/C16H16N2O2S/c1-11-5-7-14(12(2)10-11)17-16(21)18-15(19)8-6-13-4-3-9-20-13/h3-10H,1-2H3,(H2,17,18,19,21)/b8-6+. The molecule has 1 aromatic heterocycles. The Morgan fingerprint density at radius 1 is 1.29 bits per heavy atom. The molecule has 0 aliphatic rings. The first-order valence-corrected chi connectivity index (χ1v) is 6.86. The molecule has 2 rings (SSSR count). The Labute approximate surface area is 128 Å². The quantitative estimate of drug-likeness (QED) is 0.673. The molecule has 2 N–H and O–H groups in total. The SMILES string of the molecule is Cc1ccc(NC(=S)NC(=O)/C=C/c2ccco2)c(C)c1. The smallest absolute Gasteiger partial charge is 0.250 e. The van der Waals surface area contributed by atoms with E-state index in [2.05, 4.69) is 10.6 Å². The van der Waals surface area contributed by atoms with Gasteiger partial charge < -0.3 is 9.73 Å². The summed E-state index contributed by atoms with van der Waals surface area (Å²) in [6.45, 7) is 4.01. The fourth-order valence-electron chi connectivity index (χ4n) is 1.80. The highest BCUT2D eigenvalue weighted by Gasteiger charge is 2.04. The molecule has 0 radical (unpaired) electrons. The van der Waals surface area contributed by atoms with Crippen molar-refractivity contribution in [3.63, 3.8) is 0 Å². The molecular weight excluding hydrogens is 284 g/mol. The molecule has 0 aliphatic carbocycles. The summed E-state index contributed by atoms with van der Waals surface area (Å²) in [7, 11) is 0. The Morgan fingerprint density at radius 3 is 2.76 bits per heavy atom. The Balaban J connectivity index is 1.90. The highest BCUT2D eigenvalue weighted by atomic mass is 32.1. The largest absolute Gasteiger partial charge is 0.465 e. The molecule has 4 nitrogen and oxygen atoms in total. The second-order valence-corrected chi connectivity index (χ2v) is 5.02. The van der Waals surface area contributed by atoms with Crippen molar-refractivity contribution in [1.82, 2.24) is 5.32 Å². The first-order valence-electron chi connectivity index (χ1n) is 6.45. The van der Waals surface area contributed by atoms with Gasteiger partial charge in [0.15, 0.2) is 5.11 Å². The van der Waals surface area contributed by atoms with Crippen LogP contribution in [0.2, 0.25) is 0 Å². The number of nitrogens with one attached hydrogen (secondary N) is 2. The third kappa shape index (κ3) is 4.57. The minimum absolute atomic E-state index is 0.260. The van der Waals surface area contributed by atoms with E-state index in [1.165, 1.54) is 11.6 Å². The number of amides is 1. The lowest BCUT2D eigenvalue weighted by atomic mass is 10.1. The van der Waals surface area contributed by atoms with Crippen molar-refractivity contribution in [1.29, 1.82) is 0 Å². The summed E-state index contributed by atoms with van der Waals surface area (Å²) in [6.07, 6.45) is 4.49. The van der Waals surface area contributed by atoms with Gasteiger partial charge in [0, 0.05) is 11.8 Å². The summed E-state index contributed by atoms with van der Waals surface area (Å²) in [4.78, 5) is 11.7. The van der Waals surface area contributed by atoms with Crippen LogP contribution in [0.15, 0.2) is 47.1 Å². The third-order valence-electron chi connectivity index (χ3n) is 2.81. The maximum absolute atomic E-state index is 11.7. The van der Waals surface area contributed by atoms with Crippen LogP contribution >= 0.6 is 12.2 Å². The van der Waals surface area contributed by atoms with Gasteiger partial charge in [-0.05, 0) is 55.9 Å². The van der Waals surface area contributed by atoms with E-state index in [4.69, 9.17) is 16.6 Å². The Kier molecular flexibility index (Phi) is 4.90. The molecule has 108 valence electrons. The normalized spacial score (nSPS) is 10.6. The van der Waals surface area contributed by atoms with Crippen LogP contribution in [0.4, 0.5) is 5.69 Å². The summed E-state index contributed by atoms with van der Waals surface area (Å²) in [6, 6.07) is 9.47. The van der Waals surface area contributed by atoms with Gasteiger partial charge in [-0.3, -0.25) is 10.1 Å². The number of anilines is 1. The van der Waals surface area contributed by atoms with E-state index < -0.39 is 0 Å². The van der Waals surface area contributed by atoms with Gasteiger partial charge in [0.25, 0.3) is 0 Å². The van der Waals surface area contributed by atoms with Gasteiger partial charge in [0.05, 0.1) is 6.26 Å². The minimum Gasteiger partial charge on any atom is -0.465 e. The molecule has 0 bridgehead atoms. The zero-order chi connectivity index (χ0) is 15.2. The van der Waals surface area contributed by atoms with Crippen molar-refractivity contribution < 1.29 is 9.21 Å². The Bertz CT molecular complexity index is 676. The van der Waals surface area contributed by atoms with E-state index in [1.807, 2.05) is 32.0 Å². The zero-order valence-electron chi connectivity index (χ0n) is 11.8.